The van der Waals surface area contributed by atoms with Crippen LogP contribution in [0.5, 0.6) is 5.75 Å². The molecule has 1 aliphatic rings. The Morgan fingerprint density at radius 1 is 1.00 bits per heavy atom. The summed E-state index contributed by atoms with van der Waals surface area (Å²) in [5.41, 5.74) is 0.521. The largest absolute Gasteiger partial charge is 0.493 e. The number of hydrogen-bond acceptors (Lipinski definition) is 3. The lowest BCUT2D eigenvalue weighted by molar-refractivity contribution is -0.137. The molecule has 0 aromatic heterocycles. The molecule has 1 aliphatic heterocycles. The number of carbonyl (C=O) groups is 1. The van der Waals surface area contributed by atoms with Gasteiger partial charge >= 0.3 is 12.3 Å². The summed E-state index contributed by atoms with van der Waals surface area (Å²) in [5, 5.41) is 11.2. The van der Waals surface area contributed by atoms with Crippen molar-refractivity contribution in [3.8, 4) is 5.75 Å². The zero-order chi connectivity index (χ0) is 25.3. The van der Waals surface area contributed by atoms with Gasteiger partial charge in [-0.05, 0) is 60.5 Å². The van der Waals surface area contributed by atoms with Gasteiger partial charge in [0.1, 0.15) is 17.6 Å². The topological polar surface area (TPSA) is 62.1 Å². The van der Waals surface area contributed by atoms with Crippen LogP contribution in [-0.2, 0) is 6.18 Å². The first-order valence-electron chi connectivity index (χ1n) is 10.6. The molecule has 0 bridgehead atoms. The van der Waals surface area contributed by atoms with Gasteiger partial charge in [0, 0.05) is 10.0 Å². The van der Waals surface area contributed by atoms with Crippen LogP contribution < -0.4 is 4.74 Å². The van der Waals surface area contributed by atoms with E-state index in [0.29, 0.717) is 21.2 Å². The predicted molar refractivity (Wildman–Crippen MR) is 127 cm³/mol. The molecule has 0 saturated heterocycles. The van der Waals surface area contributed by atoms with E-state index in [9.17, 15) is 23.1 Å². The zero-order valence-corrected chi connectivity index (χ0v) is 19.8. The summed E-state index contributed by atoms with van der Waals surface area (Å²) in [7, 11) is 0. The number of nitrogens with zero attached hydrogens (tertiary/aromatic N) is 2. The molecule has 0 aliphatic carbocycles. The lowest BCUT2D eigenvalue weighted by Gasteiger charge is -2.27. The fraction of sp³-hybridized carbons (Fsp3) is 0.200. The van der Waals surface area contributed by atoms with Gasteiger partial charge in [0.25, 0.3) is 0 Å². The van der Waals surface area contributed by atoms with Crippen LogP contribution in [0.4, 0.5) is 18.0 Å². The first-order valence-corrected chi connectivity index (χ1v) is 11.3. The molecule has 2 unspecified atom stereocenters. The lowest BCUT2D eigenvalue weighted by Crippen LogP contribution is -2.37. The Kier molecular flexibility index (Phi) is 6.96. The summed E-state index contributed by atoms with van der Waals surface area (Å²) >= 11 is 12.1. The number of amidine groups is 1. The average molecular weight is 523 g/mol. The molecule has 3 aromatic rings. The molecule has 182 valence electrons. The summed E-state index contributed by atoms with van der Waals surface area (Å²) in [6.45, 7) is 1.71. The lowest BCUT2D eigenvalue weighted by atomic mass is 9.94. The van der Waals surface area contributed by atoms with E-state index in [1.807, 2.05) is 0 Å². The molecular weight excluding hydrogens is 504 g/mol. The Morgan fingerprint density at radius 2 is 1.57 bits per heavy atom. The fourth-order valence-corrected chi connectivity index (χ4v) is 4.26. The standard InChI is InChI=1S/C25H19Cl2F3N2O3/c1-2-35-20-13-16(25(28,29)30)7-12-19(20)23-31-21(14-3-8-17(26)9-4-14)22(32(23)24(33)34)15-5-10-18(27)11-6-15/h3-13,21-22H,2H2,1H3,(H,33,34). The maximum Gasteiger partial charge on any atom is 0.416 e. The van der Waals surface area contributed by atoms with Crippen LogP contribution >= 0.6 is 23.2 Å². The molecule has 1 N–H and O–H groups in total. The average Bonchev–Trinajstić information content (AvgIpc) is 3.20. The van der Waals surface area contributed by atoms with Crippen LogP contribution in [0.25, 0.3) is 0 Å². The molecule has 1 amide bonds. The van der Waals surface area contributed by atoms with E-state index >= 15 is 0 Å². The van der Waals surface area contributed by atoms with Crippen molar-refractivity contribution in [1.29, 1.82) is 0 Å². The van der Waals surface area contributed by atoms with Gasteiger partial charge in [-0.2, -0.15) is 13.2 Å². The Bertz CT molecular complexity index is 1260. The molecule has 5 nitrogen and oxygen atoms in total. The maximum atomic E-state index is 13.3. The summed E-state index contributed by atoms with van der Waals surface area (Å²) < 4.78 is 45.5. The predicted octanol–water partition coefficient (Wildman–Crippen LogP) is 7.63. The van der Waals surface area contributed by atoms with Crippen LogP contribution in [0.2, 0.25) is 10.0 Å². The molecule has 0 saturated carbocycles. The van der Waals surface area contributed by atoms with E-state index in [2.05, 4.69) is 0 Å². The third-order valence-corrected chi connectivity index (χ3v) is 6.05. The van der Waals surface area contributed by atoms with Crippen molar-refractivity contribution in [3.05, 3.63) is 99.0 Å². The monoisotopic (exact) mass is 522 g/mol. The number of alkyl halides is 3. The second kappa shape index (κ2) is 9.79. The molecule has 1 heterocycles. The summed E-state index contributed by atoms with van der Waals surface area (Å²) in [6, 6.07) is 14.9. The first-order chi connectivity index (χ1) is 16.6. The van der Waals surface area contributed by atoms with Crippen LogP contribution in [-0.4, -0.2) is 28.5 Å². The molecule has 2 atom stereocenters. The van der Waals surface area contributed by atoms with Gasteiger partial charge in [0.05, 0.1) is 23.8 Å². The number of hydrogen-bond donors (Lipinski definition) is 1. The van der Waals surface area contributed by atoms with Crippen molar-refractivity contribution in [2.24, 2.45) is 4.99 Å². The number of ether oxygens (including phenoxy) is 1. The molecule has 0 spiro atoms. The van der Waals surface area contributed by atoms with Gasteiger partial charge in [-0.3, -0.25) is 9.89 Å². The molecule has 35 heavy (non-hydrogen) atoms. The van der Waals surface area contributed by atoms with Gasteiger partial charge < -0.3 is 9.84 Å². The highest BCUT2D eigenvalue weighted by molar-refractivity contribution is 6.30. The normalized spacial score (nSPS) is 17.9. The van der Waals surface area contributed by atoms with Crippen molar-refractivity contribution in [2.75, 3.05) is 6.61 Å². The fourth-order valence-electron chi connectivity index (χ4n) is 4.01. The van der Waals surface area contributed by atoms with E-state index in [4.69, 9.17) is 32.9 Å². The van der Waals surface area contributed by atoms with Gasteiger partial charge in [0.2, 0.25) is 0 Å². The number of halogens is 5. The SMILES string of the molecule is CCOc1cc(C(F)(F)F)ccc1C1=NC(c2ccc(Cl)cc2)C(c2ccc(Cl)cc2)N1C(=O)O. The minimum atomic E-state index is -4.59. The molecular formula is C25H19Cl2F3N2O3. The highest BCUT2D eigenvalue weighted by Crippen LogP contribution is 2.45. The smallest absolute Gasteiger partial charge is 0.416 e. The third-order valence-electron chi connectivity index (χ3n) is 5.55. The second-order valence-electron chi connectivity index (χ2n) is 7.74. The Labute approximate surface area is 209 Å². The summed E-state index contributed by atoms with van der Waals surface area (Å²) in [5.74, 6) is -0.131. The van der Waals surface area contributed by atoms with Crippen LogP contribution in [0.3, 0.4) is 0 Å². The minimum Gasteiger partial charge on any atom is -0.493 e. The summed E-state index contributed by atoms with van der Waals surface area (Å²) in [4.78, 5) is 18.3. The van der Waals surface area contributed by atoms with Gasteiger partial charge in [-0.1, -0.05) is 47.5 Å². The van der Waals surface area contributed by atoms with Crippen molar-refractivity contribution < 1.29 is 27.8 Å². The van der Waals surface area contributed by atoms with E-state index in [1.54, 1.807) is 55.5 Å². The van der Waals surface area contributed by atoms with Crippen LogP contribution in [0.1, 0.15) is 41.3 Å². The van der Waals surface area contributed by atoms with Crippen molar-refractivity contribution in [3.63, 3.8) is 0 Å². The van der Waals surface area contributed by atoms with Crippen molar-refractivity contribution in [1.82, 2.24) is 4.90 Å². The maximum absolute atomic E-state index is 13.3. The van der Waals surface area contributed by atoms with Crippen molar-refractivity contribution in [2.45, 2.75) is 25.2 Å². The Balaban J connectivity index is 1.91. The van der Waals surface area contributed by atoms with E-state index in [1.165, 1.54) is 6.07 Å². The second-order valence-corrected chi connectivity index (χ2v) is 8.61. The van der Waals surface area contributed by atoms with E-state index in [0.717, 1.165) is 17.0 Å². The molecule has 0 fully saturated rings. The highest BCUT2D eigenvalue weighted by Gasteiger charge is 2.43. The summed E-state index contributed by atoms with van der Waals surface area (Å²) in [6.07, 6.45) is -5.91. The van der Waals surface area contributed by atoms with Crippen LogP contribution in [0.15, 0.2) is 71.7 Å². The van der Waals surface area contributed by atoms with Gasteiger partial charge in [-0.25, -0.2) is 4.79 Å². The van der Waals surface area contributed by atoms with E-state index < -0.39 is 29.9 Å². The molecule has 0 radical (unpaired) electrons. The highest BCUT2D eigenvalue weighted by atomic mass is 35.5. The van der Waals surface area contributed by atoms with Crippen LogP contribution in [0, 0.1) is 0 Å². The number of rotatable bonds is 5. The quantitative estimate of drug-likeness (QED) is 0.374. The number of aliphatic imine (C=N–C) groups is 1. The first kappa shape index (κ1) is 24.9. The Hall–Kier alpha value is -3.23. The minimum absolute atomic E-state index is 0.0189. The van der Waals surface area contributed by atoms with E-state index in [-0.39, 0.29) is 23.8 Å². The third kappa shape index (κ3) is 5.09. The number of amides is 1. The van der Waals surface area contributed by atoms with Crippen molar-refractivity contribution >= 4 is 35.1 Å². The van der Waals surface area contributed by atoms with Gasteiger partial charge in [-0.15, -0.1) is 0 Å². The molecule has 10 heteroatoms. The Morgan fingerprint density at radius 3 is 2.09 bits per heavy atom. The number of benzene rings is 3. The molecule has 3 aromatic carbocycles. The zero-order valence-electron chi connectivity index (χ0n) is 18.3. The number of carboxylic acid groups (broad SMARTS) is 1. The molecule has 4 rings (SSSR count). The van der Waals surface area contributed by atoms with Gasteiger partial charge in [0.15, 0.2) is 0 Å².